The van der Waals surface area contributed by atoms with Crippen molar-refractivity contribution < 1.29 is 13.2 Å². The molecule has 2 aromatic carbocycles. The minimum absolute atomic E-state index is 0.0386. The number of amides is 1. The summed E-state index contributed by atoms with van der Waals surface area (Å²) in [4.78, 5) is 14.9. The summed E-state index contributed by atoms with van der Waals surface area (Å²) in [5, 5.41) is 3.69. The first-order chi connectivity index (χ1) is 14.7. The number of carbonyl (C=O) groups is 1. The highest BCUT2D eigenvalue weighted by Crippen LogP contribution is 2.18. The Morgan fingerprint density at radius 2 is 1.84 bits per heavy atom. The molecule has 31 heavy (non-hydrogen) atoms. The molecule has 1 aliphatic heterocycles. The van der Waals surface area contributed by atoms with E-state index in [9.17, 15) is 13.2 Å². The first-order valence-electron chi connectivity index (χ1n) is 10.6. The molecule has 8 heteroatoms. The number of nitrogens with one attached hydrogen (secondary N) is 2. The van der Waals surface area contributed by atoms with Crippen LogP contribution in [0.15, 0.2) is 53.4 Å². The molecule has 0 radical (unpaired) electrons. The number of sulfonamides is 1. The van der Waals surface area contributed by atoms with E-state index in [0.717, 1.165) is 30.5 Å². The number of carbonyl (C=O) groups excluding carboxylic acids is 1. The Bertz CT molecular complexity index is 978. The molecule has 2 unspecified atom stereocenters. The molecule has 2 aromatic rings. The number of rotatable bonds is 8. The lowest BCUT2D eigenvalue weighted by atomic mass is 9.98. The van der Waals surface area contributed by atoms with Crippen LogP contribution >= 0.6 is 11.6 Å². The van der Waals surface area contributed by atoms with E-state index in [1.54, 1.807) is 24.3 Å². The maximum atomic E-state index is 12.5. The fraction of sp³-hybridized carbons (Fsp3) is 0.435. The molecule has 1 aliphatic rings. The fourth-order valence-corrected chi connectivity index (χ4v) is 5.06. The number of aryl methyl sites for hydroxylation is 1. The highest BCUT2D eigenvalue weighted by molar-refractivity contribution is 7.89. The second kappa shape index (κ2) is 10.6. The number of hydrogen-bond donors (Lipinski definition) is 2. The van der Waals surface area contributed by atoms with E-state index in [1.165, 1.54) is 0 Å². The van der Waals surface area contributed by atoms with Gasteiger partial charge in [-0.3, -0.25) is 9.69 Å². The van der Waals surface area contributed by atoms with Gasteiger partial charge in [0.1, 0.15) is 0 Å². The molecule has 1 fully saturated rings. The summed E-state index contributed by atoms with van der Waals surface area (Å²) < 4.78 is 27.8. The molecule has 2 atom stereocenters. The fourth-order valence-electron chi connectivity index (χ4n) is 3.81. The Morgan fingerprint density at radius 1 is 1.16 bits per heavy atom. The highest BCUT2D eigenvalue weighted by Gasteiger charge is 2.24. The van der Waals surface area contributed by atoms with Crippen LogP contribution in [0.4, 0.5) is 0 Å². The van der Waals surface area contributed by atoms with Crippen molar-refractivity contribution in [2.45, 2.75) is 37.6 Å². The number of hydrogen-bond acceptors (Lipinski definition) is 4. The average Bonchev–Trinajstić information content (AvgIpc) is 2.73. The van der Waals surface area contributed by atoms with Crippen molar-refractivity contribution in [3.8, 4) is 0 Å². The molecule has 2 N–H and O–H groups in total. The minimum Gasteiger partial charge on any atom is -0.348 e. The van der Waals surface area contributed by atoms with E-state index in [4.69, 9.17) is 11.6 Å². The standard InChI is InChI=1S/C23H30ClN3O3S/c1-17-5-11-22(12-6-17)31(29,30)25-14-19-4-3-13-27(15-19)16-23(28)26-18(2)20-7-9-21(24)10-8-20/h5-12,18-19,25H,3-4,13-16H2,1-2H3,(H,26,28). The van der Waals surface area contributed by atoms with Crippen molar-refractivity contribution >= 4 is 27.5 Å². The maximum absolute atomic E-state index is 12.5. The Balaban J connectivity index is 1.48. The number of halogens is 1. The first kappa shape index (κ1) is 23.7. The molecular formula is C23H30ClN3O3S. The quantitative estimate of drug-likeness (QED) is 0.627. The zero-order valence-corrected chi connectivity index (χ0v) is 19.5. The van der Waals surface area contributed by atoms with E-state index in [-0.39, 0.29) is 22.8 Å². The molecule has 1 heterocycles. The zero-order chi connectivity index (χ0) is 22.4. The molecule has 0 spiro atoms. The van der Waals surface area contributed by atoms with Crippen LogP contribution in [0.5, 0.6) is 0 Å². The van der Waals surface area contributed by atoms with Crippen LogP contribution in [0.3, 0.4) is 0 Å². The van der Waals surface area contributed by atoms with Crippen molar-refractivity contribution in [1.29, 1.82) is 0 Å². The minimum atomic E-state index is -3.52. The van der Waals surface area contributed by atoms with Gasteiger partial charge in [0.15, 0.2) is 0 Å². The molecule has 0 aromatic heterocycles. The SMILES string of the molecule is Cc1ccc(S(=O)(=O)NCC2CCCN(CC(=O)NC(C)c3ccc(Cl)cc3)C2)cc1. The van der Waals surface area contributed by atoms with Crippen molar-refractivity contribution in [3.05, 3.63) is 64.7 Å². The van der Waals surface area contributed by atoms with E-state index >= 15 is 0 Å². The third-order valence-electron chi connectivity index (χ3n) is 5.61. The van der Waals surface area contributed by atoms with Gasteiger partial charge in [-0.1, -0.05) is 41.4 Å². The van der Waals surface area contributed by atoms with Crippen LogP contribution in [0.25, 0.3) is 0 Å². The first-order valence-corrected chi connectivity index (χ1v) is 12.4. The summed E-state index contributed by atoms with van der Waals surface area (Å²) in [6.07, 6.45) is 1.88. The molecule has 0 saturated carbocycles. The van der Waals surface area contributed by atoms with Crippen molar-refractivity contribution in [1.82, 2.24) is 14.9 Å². The normalized spacial score (nSPS) is 18.5. The Hall–Kier alpha value is -1.93. The second-order valence-electron chi connectivity index (χ2n) is 8.25. The molecule has 1 amide bonds. The third-order valence-corrected chi connectivity index (χ3v) is 7.30. The lowest BCUT2D eigenvalue weighted by Crippen LogP contribution is -2.45. The summed E-state index contributed by atoms with van der Waals surface area (Å²) in [7, 11) is -3.52. The summed E-state index contributed by atoms with van der Waals surface area (Å²) in [5.74, 6) is 0.138. The number of likely N-dealkylation sites (tertiary alicyclic amines) is 1. The lowest BCUT2D eigenvalue weighted by molar-refractivity contribution is -0.123. The van der Waals surface area contributed by atoms with Crippen LogP contribution in [-0.2, 0) is 14.8 Å². The summed E-state index contributed by atoms with van der Waals surface area (Å²) in [6, 6.07) is 14.2. The number of benzene rings is 2. The van der Waals surface area contributed by atoms with Gasteiger partial charge in [0, 0.05) is 18.1 Å². The van der Waals surface area contributed by atoms with Gasteiger partial charge >= 0.3 is 0 Å². The molecule has 3 rings (SSSR count). The Kier molecular flexibility index (Phi) is 8.11. The number of nitrogens with zero attached hydrogens (tertiary/aromatic N) is 1. The van der Waals surface area contributed by atoms with Gasteiger partial charge in [0.25, 0.3) is 0 Å². The van der Waals surface area contributed by atoms with Gasteiger partial charge in [-0.05, 0) is 69.0 Å². The second-order valence-corrected chi connectivity index (χ2v) is 10.5. The lowest BCUT2D eigenvalue weighted by Gasteiger charge is -2.32. The Labute approximate surface area is 190 Å². The van der Waals surface area contributed by atoms with Crippen molar-refractivity contribution in [3.63, 3.8) is 0 Å². The number of piperidine rings is 1. The van der Waals surface area contributed by atoms with Gasteiger partial charge in [0.2, 0.25) is 15.9 Å². The maximum Gasteiger partial charge on any atom is 0.240 e. The molecule has 0 bridgehead atoms. The molecule has 168 valence electrons. The molecular weight excluding hydrogens is 434 g/mol. The molecule has 6 nitrogen and oxygen atoms in total. The van der Waals surface area contributed by atoms with E-state index in [2.05, 4.69) is 14.9 Å². The highest BCUT2D eigenvalue weighted by atomic mass is 35.5. The van der Waals surface area contributed by atoms with E-state index in [0.29, 0.717) is 24.7 Å². The zero-order valence-electron chi connectivity index (χ0n) is 18.0. The monoisotopic (exact) mass is 463 g/mol. The summed E-state index contributed by atoms with van der Waals surface area (Å²) >= 11 is 5.92. The smallest absolute Gasteiger partial charge is 0.240 e. The predicted octanol–water partition coefficient (Wildman–Crippen LogP) is 3.52. The summed E-state index contributed by atoms with van der Waals surface area (Å²) in [6.45, 7) is 6.07. The predicted molar refractivity (Wildman–Crippen MR) is 124 cm³/mol. The third kappa shape index (κ3) is 7.04. The van der Waals surface area contributed by atoms with Crippen LogP contribution < -0.4 is 10.0 Å². The van der Waals surface area contributed by atoms with Gasteiger partial charge < -0.3 is 5.32 Å². The topological polar surface area (TPSA) is 78.5 Å². The molecule has 1 saturated heterocycles. The van der Waals surface area contributed by atoms with Crippen molar-refractivity contribution in [2.24, 2.45) is 5.92 Å². The van der Waals surface area contributed by atoms with E-state index < -0.39 is 10.0 Å². The summed E-state index contributed by atoms with van der Waals surface area (Å²) in [5.41, 5.74) is 2.02. The van der Waals surface area contributed by atoms with Crippen LogP contribution in [0, 0.1) is 12.8 Å². The van der Waals surface area contributed by atoms with Gasteiger partial charge in [-0.2, -0.15) is 0 Å². The average molecular weight is 464 g/mol. The largest absolute Gasteiger partial charge is 0.348 e. The van der Waals surface area contributed by atoms with E-state index in [1.807, 2.05) is 38.1 Å². The molecule has 0 aliphatic carbocycles. The van der Waals surface area contributed by atoms with Crippen molar-refractivity contribution in [2.75, 3.05) is 26.2 Å². The Morgan fingerprint density at radius 3 is 2.52 bits per heavy atom. The van der Waals surface area contributed by atoms with Gasteiger partial charge in [-0.15, -0.1) is 0 Å². The van der Waals surface area contributed by atoms with Crippen LogP contribution in [0.2, 0.25) is 5.02 Å². The van der Waals surface area contributed by atoms with Gasteiger partial charge in [-0.25, -0.2) is 13.1 Å². The van der Waals surface area contributed by atoms with Crippen LogP contribution in [0.1, 0.15) is 36.9 Å². The van der Waals surface area contributed by atoms with Gasteiger partial charge in [0.05, 0.1) is 17.5 Å². The van der Waals surface area contributed by atoms with Crippen LogP contribution in [-0.4, -0.2) is 45.4 Å².